The second kappa shape index (κ2) is 9.49. The van der Waals surface area contributed by atoms with Gasteiger partial charge >= 0.3 is 6.18 Å². The van der Waals surface area contributed by atoms with E-state index < -0.39 is 24.7 Å². The smallest absolute Gasteiger partial charge is 0.422 e. The summed E-state index contributed by atoms with van der Waals surface area (Å²) in [7, 11) is 0. The van der Waals surface area contributed by atoms with Gasteiger partial charge in [0.1, 0.15) is 17.2 Å². The summed E-state index contributed by atoms with van der Waals surface area (Å²) in [5.41, 5.74) is 1.27. The largest absolute Gasteiger partial charge is 0.484 e. The molecule has 2 rings (SSSR count). The molecule has 0 aliphatic rings. The molecule has 1 atom stereocenters. The number of rotatable bonds is 8. The van der Waals surface area contributed by atoms with Gasteiger partial charge in [-0.15, -0.1) is 0 Å². The number of pyridine rings is 2. The lowest BCUT2D eigenvalue weighted by Gasteiger charge is -2.15. The number of amides is 1. The van der Waals surface area contributed by atoms with E-state index in [1.165, 1.54) is 12.3 Å². The Kier molecular flexibility index (Phi) is 7.30. The van der Waals surface area contributed by atoms with Crippen LogP contribution in [0, 0.1) is 5.92 Å². The summed E-state index contributed by atoms with van der Waals surface area (Å²) in [5, 5.41) is 2.72. The van der Waals surface area contributed by atoms with E-state index in [1.54, 1.807) is 25.3 Å². The summed E-state index contributed by atoms with van der Waals surface area (Å²) < 4.78 is 41.4. The molecule has 0 fully saturated rings. The number of hydrogen-bond acceptors (Lipinski definition) is 5. The minimum atomic E-state index is -4.48. The Morgan fingerprint density at radius 1 is 1.10 bits per heavy atom. The van der Waals surface area contributed by atoms with Gasteiger partial charge in [0.2, 0.25) is 0 Å². The molecule has 0 saturated heterocycles. The SMILES string of the molecule is CC(C)C(=O)Cc1cc(C(C)NC(=O)c2cc(OCC(F)(F)F)ccn2)ccn1. The monoisotopic (exact) mass is 409 g/mol. The molecule has 6 nitrogen and oxygen atoms in total. The van der Waals surface area contributed by atoms with Crippen molar-refractivity contribution in [2.24, 2.45) is 5.92 Å². The van der Waals surface area contributed by atoms with Crippen molar-refractivity contribution in [2.75, 3.05) is 6.61 Å². The molecular weight excluding hydrogens is 387 g/mol. The number of nitrogens with one attached hydrogen (secondary N) is 1. The van der Waals surface area contributed by atoms with Crippen LogP contribution in [0.3, 0.4) is 0 Å². The first-order valence-corrected chi connectivity index (χ1v) is 8.99. The topological polar surface area (TPSA) is 81.2 Å². The van der Waals surface area contributed by atoms with Gasteiger partial charge < -0.3 is 10.1 Å². The molecule has 29 heavy (non-hydrogen) atoms. The third kappa shape index (κ3) is 7.17. The summed E-state index contributed by atoms with van der Waals surface area (Å²) in [6.45, 7) is 3.91. The van der Waals surface area contributed by atoms with Gasteiger partial charge in [0, 0.05) is 36.5 Å². The molecule has 2 aromatic heterocycles. The van der Waals surface area contributed by atoms with E-state index in [1.807, 2.05) is 13.8 Å². The first-order valence-electron chi connectivity index (χ1n) is 8.99. The number of alkyl halides is 3. The molecule has 1 unspecified atom stereocenters. The Morgan fingerprint density at radius 3 is 2.45 bits per heavy atom. The molecule has 0 saturated carbocycles. The number of carbonyl (C=O) groups is 2. The first-order chi connectivity index (χ1) is 13.5. The quantitative estimate of drug-likeness (QED) is 0.719. The Bertz CT molecular complexity index is 869. The van der Waals surface area contributed by atoms with Gasteiger partial charge in [-0.1, -0.05) is 13.8 Å². The zero-order chi connectivity index (χ0) is 21.6. The maximum atomic E-state index is 12.4. The number of aromatic nitrogens is 2. The molecule has 1 amide bonds. The van der Waals surface area contributed by atoms with E-state index >= 15 is 0 Å². The zero-order valence-electron chi connectivity index (χ0n) is 16.3. The summed E-state index contributed by atoms with van der Waals surface area (Å²) >= 11 is 0. The van der Waals surface area contributed by atoms with Crippen LogP contribution in [0.4, 0.5) is 13.2 Å². The van der Waals surface area contributed by atoms with Crippen LogP contribution in [0.15, 0.2) is 36.7 Å². The molecule has 2 aromatic rings. The lowest BCUT2D eigenvalue weighted by molar-refractivity contribution is -0.153. The maximum Gasteiger partial charge on any atom is 0.422 e. The van der Waals surface area contributed by atoms with E-state index in [4.69, 9.17) is 0 Å². The van der Waals surface area contributed by atoms with E-state index in [0.29, 0.717) is 5.69 Å². The fourth-order valence-electron chi connectivity index (χ4n) is 2.39. The zero-order valence-corrected chi connectivity index (χ0v) is 16.3. The standard InChI is InChI=1S/C20H22F3N3O3/c1-12(2)18(27)9-15-8-14(4-6-24-15)13(3)26-19(28)17-10-16(5-7-25-17)29-11-20(21,22)23/h4-8,10,12-13H,9,11H2,1-3H3,(H,26,28). The fraction of sp³-hybridized carbons (Fsp3) is 0.400. The number of halogens is 3. The summed E-state index contributed by atoms with van der Waals surface area (Å²) in [4.78, 5) is 32.4. The Morgan fingerprint density at radius 2 is 1.79 bits per heavy atom. The molecule has 156 valence electrons. The third-order valence-corrected chi connectivity index (χ3v) is 4.05. The van der Waals surface area contributed by atoms with Crippen LogP contribution in [-0.2, 0) is 11.2 Å². The normalized spacial score (nSPS) is 12.5. The van der Waals surface area contributed by atoms with Gasteiger partial charge in [-0.05, 0) is 30.7 Å². The number of ether oxygens (including phenoxy) is 1. The molecule has 0 radical (unpaired) electrons. The van der Waals surface area contributed by atoms with Gasteiger partial charge in [0.15, 0.2) is 6.61 Å². The fourth-order valence-corrected chi connectivity index (χ4v) is 2.39. The van der Waals surface area contributed by atoms with Crippen LogP contribution in [0.2, 0.25) is 0 Å². The number of hydrogen-bond donors (Lipinski definition) is 1. The van der Waals surface area contributed by atoms with E-state index in [-0.39, 0.29) is 29.6 Å². The molecule has 0 aliphatic heterocycles. The second-order valence-corrected chi connectivity index (χ2v) is 6.85. The van der Waals surface area contributed by atoms with Crippen molar-refractivity contribution >= 4 is 11.7 Å². The van der Waals surface area contributed by atoms with Crippen molar-refractivity contribution in [3.05, 3.63) is 53.6 Å². The molecule has 0 aliphatic carbocycles. The predicted molar refractivity (Wildman–Crippen MR) is 99.5 cm³/mol. The van der Waals surface area contributed by atoms with Crippen LogP contribution < -0.4 is 10.1 Å². The molecule has 2 heterocycles. The van der Waals surface area contributed by atoms with E-state index in [2.05, 4.69) is 20.0 Å². The van der Waals surface area contributed by atoms with Crippen molar-refractivity contribution in [3.8, 4) is 5.75 Å². The highest BCUT2D eigenvalue weighted by molar-refractivity contribution is 5.92. The molecular formula is C20H22F3N3O3. The molecule has 9 heteroatoms. The Balaban J connectivity index is 2.04. The lowest BCUT2D eigenvalue weighted by Crippen LogP contribution is -2.27. The molecule has 0 bridgehead atoms. The van der Waals surface area contributed by atoms with Crippen LogP contribution in [0.5, 0.6) is 5.75 Å². The van der Waals surface area contributed by atoms with Crippen LogP contribution in [0.1, 0.15) is 48.6 Å². The van der Waals surface area contributed by atoms with E-state index in [9.17, 15) is 22.8 Å². The minimum Gasteiger partial charge on any atom is -0.484 e. The number of carbonyl (C=O) groups excluding carboxylic acids is 2. The van der Waals surface area contributed by atoms with Crippen LogP contribution in [0.25, 0.3) is 0 Å². The van der Waals surface area contributed by atoms with Crippen molar-refractivity contribution < 1.29 is 27.5 Å². The third-order valence-electron chi connectivity index (χ3n) is 4.05. The highest BCUT2D eigenvalue weighted by Crippen LogP contribution is 2.19. The number of ketones is 1. The van der Waals surface area contributed by atoms with Crippen molar-refractivity contribution in [1.82, 2.24) is 15.3 Å². The highest BCUT2D eigenvalue weighted by Gasteiger charge is 2.28. The van der Waals surface area contributed by atoms with Gasteiger partial charge in [0.05, 0.1) is 6.04 Å². The van der Waals surface area contributed by atoms with Crippen LogP contribution >= 0.6 is 0 Å². The minimum absolute atomic E-state index is 0.0613. The maximum absolute atomic E-state index is 12.4. The number of Topliss-reactive ketones (excluding diaryl/α,β-unsaturated/α-hetero) is 1. The van der Waals surface area contributed by atoms with Gasteiger partial charge in [-0.3, -0.25) is 19.6 Å². The summed E-state index contributed by atoms with van der Waals surface area (Å²) in [6, 6.07) is 5.41. The second-order valence-electron chi connectivity index (χ2n) is 6.85. The average Bonchev–Trinajstić information content (AvgIpc) is 2.66. The lowest BCUT2D eigenvalue weighted by atomic mass is 10.0. The highest BCUT2D eigenvalue weighted by atomic mass is 19.4. The first kappa shape index (κ1) is 22.3. The van der Waals surface area contributed by atoms with Crippen LogP contribution in [-0.4, -0.2) is 34.4 Å². The molecule has 0 aromatic carbocycles. The van der Waals surface area contributed by atoms with Gasteiger partial charge in [0.25, 0.3) is 5.91 Å². The van der Waals surface area contributed by atoms with Gasteiger partial charge in [-0.25, -0.2) is 0 Å². The molecule has 1 N–H and O–H groups in total. The Hall–Kier alpha value is -2.97. The Labute approximate surface area is 166 Å². The van der Waals surface area contributed by atoms with E-state index in [0.717, 1.165) is 11.6 Å². The van der Waals surface area contributed by atoms with Gasteiger partial charge in [-0.2, -0.15) is 13.2 Å². The summed E-state index contributed by atoms with van der Waals surface area (Å²) in [6.07, 6.45) is -1.51. The average molecular weight is 409 g/mol. The van der Waals surface area contributed by atoms with Crippen molar-refractivity contribution in [3.63, 3.8) is 0 Å². The van der Waals surface area contributed by atoms with Crippen molar-refractivity contribution in [1.29, 1.82) is 0 Å². The predicted octanol–water partition coefficient (Wildman–Crippen LogP) is 3.68. The number of nitrogens with zero attached hydrogens (tertiary/aromatic N) is 2. The van der Waals surface area contributed by atoms with Crippen molar-refractivity contribution in [2.45, 2.75) is 39.4 Å². The summed E-state index contributed by atoms with van der Waals surface area (Å²) in [5.74, 6) is -0.707. The molecule has 0 spiro atoms.